The van der Waals surface area contributed by atoms with Crippen LogP contribution in [-0.4, -0.2) is 30.4 Å². The number of carbonyl (C=O) groups is 1. The Morgan fingerprint density at radius 1 is 1.36 bits per heavy atom. The van der Waals surface area contributed by atoms with E-state index in [9.17, 15) is 4.79 Å². The van der Waals surface area contributed by atoms with E-state index in [-0.39, 0.29) is 5.91 Å². The summed E-state index contributed by atoms with van der Waals surface area (Å²) in [5.41, 5.74) is 7.45. The van der Waals surface area contributed by atoms with Crippen molar-refractivity contribution in [3.8, 4) is 0 Å². The van der Waals surface area contributed by atoms with Gasteiger partial charge >= 0.3 is 0 Å². The van der Waals surface area contributed by atoms with Crippen molar-refractivity contribution in [1.82, 2.24) is 4.90 Å². The summed E-state index contributed by atoms with van der Waals surface area (Å²) in [6.07, 6.45) is 0.946. The van der Waals surface area contributed by atoms with Gasteiger partial charge in [-0.25, -0.2) is 0 Å². The molecule has 3 nitrogen and oxygen atoms in total. The van der Waals surface area contributed by atoms with Crippen LogP contribution in [0, 0.1) is 0 Å². The topological polar surface area (TPSA) is 46.3 Å². The standard InChI is InChI=1S/C11H14N2O/c12-6-8-13-7-5-9-3-1-2-4-10(9)11(13)14/h1-4H,5-8,12H2. The number of hydrogen-bond acceptors (Lipinski definition) is 2. The van der Waals surface area contributed by atoms with Crippen molar-refractivity contribution < 1.29 is 4.79 Å². The van der Waals surface area contributed by atoms with Gasteiger partial charge in [0.1, 0.15) is 0 Å². The zero-order valence-corrected chi connectivity index (χ0v) is 8.07. The Bertz CT molecular complexity index is 349. The van der Waals surface area contributed by atoms with Crippen LogP contribution in [0.2, 0.25) is 0 Å². The number of hydrogen-bond donors (Lipinski definition) is 1. The van der Waals surface area contributed by atoms with Crippen LogP contribution in [0.4, 0.5) is 0 Å². The van der Waals surface area contributed by atoms with Crippen molar-refractivity contribution in [3.05, 3.63) is 35.4 Å². The third-order valence-electron chi connectivity index (χ3n) is 2.59. The maximum atomic E-state index is 11.9. The molecule has 0 atom stereocenters. The summed E-state index contributed by atoms with van der Waals surface area (Å²) in [4.78, 5) is 13.7. The van der Waals surface area contributed by atoms with Crippen LogP contribution < -0.4 is 5.73 Å². The maximum absolute atomic E-state index is 11.9. The molecule has 1 amide bonds. The lowest BCUT2D eigenvalue weighted by Crippen LogP contribution is -2.40. The predicted octanol–water partition coefficient (Wildman–Crippen LogP) is 0.644. The third-order valence-corrected chi connectivity index (χ3v) is 2.59. The Morgan fingerprint density at radius 2 is 2.14 bits per heavy atom. The number of amides is 1. The highest BCUT2D eigenvalue weighted by atomic mass is 16.2. The van der Waals surface area contributed by atoms with Crippen molar-refractivity contribution in [2.24, 2.45) is 5.73 Å². The molecule has 1 aliphatic heterocycles. The Labute approximate surface area is 83.5 Å². The van der Waals surface area contributed by atoms with Gasteiger partial charge in [0.05, 0.1) is 0 Å². The number of rotatable bonds is 2. The van der Waals surface area contributed by atoms with Crippen molar-refractivity contribution in [1.29, 1.82) is 0 Å². The van der Waals surface area contributed by atoms with Crippen LogP contribution in [-0.2, 0) is 6.42 Å². The van der Waals surface area contributed by atoms with Gasteiger partial charge < -0.3 is 10.6 Å². The molecule has 1 aromatic rings. The second-order valence-corrected chi connectivity index (χ2v) is 3.49. The molecule has 1 aliphatic rings. The lowest BCUT2D eigenvalue weighted by atomic mass is 9.99. The molecule has 2 rings (SSSR count). The molecule has 1 heterocycles. The van der Waals surface area contributed by atoms with Gasteiger partial charge in [-0.05, 0) is 18.1 Å². The van der Waals surface area contributed by atoms with Crippen LogP contribution in [0.3, 0.4) is 0 Å². The second kappa shape index (κ2) is 3.80. The minimum absolute atomic E-state index is 0.123. The first-order chi connectivity index (χ1) is 6.83. The van der Waals surface area contributed by atoms with Gasteiger partial charge in [-0.15, -0.1) is 0 Å². The van der Waals surface area contributed by atoms with Gasteiger partial charge in [-0.3, -0.25) is 4.79 Å². The Hall–Kier alpha value is -1.35. The Morgan fingerprint density at radius 3 is 2.93 bits per heavy atom. The highest BCUT2D eigenvalue weighted by Crippen LogP contribution is 2.17. The summed E-state index contributed by atoms with van der Waals surface area (Å²) in [6.45, 7) is 1.99. The second-order valence-electron chi connectivity index (χ2n) is 3.49. The zero-order valence-electron chi connectivity index (χ0n) is 8.07. The minimum atomic E-state index is 0.123. The molecular weight excluding hydrogens is 176 g/mol. The fourth-order valence-electron chi connectivity index (χ4n) is 1.84. The van der Waals surface area contributed by atoms with Gasteiger partial charge in [0, 0.05) is 25.2 Å². The van der Waals surface area contributed by atoms with Gasteiger partial charge in [0.25, 0.3) is 5.91 Å². The maximum Gasteiger partial charge on any atom is 0.254 e. The van der Waals surface area contributed by atoms with E-state index in [4.69, 9.17) is 5.73 Å². The summed E-state index contributed by atoms with van der Waals surface area (Å²) < 4.78 is 0. The summed E-state index contributed by atoms with van der Waals surface area (Å²) in [6, 6.07) is 7.79. The Balaban J connectivity index is 2.27. The molecule has 0 aliphatic carbocycles. The van der Waals surface area contributed by atoms with E-state index in [1.54, 1.807) is 0 Å². The molecule has 1 aromatic carbocycles. The molecule has 14 heavy (non-hydrogen) atoms. The monoisotopic (exact) mass is 190 g/mol. The van der Waals surface area contributed by atoms with E-state index in [1.807, 2.05) is 29.2 Å². The first kappa shape index (κ1) is 9.21. The third kappa shape index (κ3) is 1.51. The van der Waals surface area contributed by atoms with E-state index in [0.29, 0.717) is 13.1 Å². The first-order valence-electron chi connectivity index (χ1n) is 4.90. The molecular formula is C11H14N2O. The van der Waals surface area contributed by atoms with Crippen LogP contribution in [0.1, 0.15) is 15.9 Å². The lowest BCUT2D eigenvalue weighted by molar-refractivity contribution is 0.0745. The molecule has 3 heteroatoms. The molecule has 0 spiro atoms. The largest absolute Gasteiger partial charge is 0.337 e. The summed E-state index contributed by atoms with van der Waals surface area (Å²) >= 11 is 0. The fourth-order valence-corrected chi connectivity index (χ4v) is 1.84. The Kier molecular flexibility index (Phi) is 2.50. The predicted molar refractivity (Wildman–Crippen MR) is 55.1 cm³/mol. The quantitative estimate of drug-likeness (QED) is 0.744. The number of carbonyl (C=O) groups excluding carboxylic acids is 1. The van der Waals surface area contributed by atoms with Crippen LogP contribution in [0.15, 0.2) is 24.3 Å². The molecule has 0 saturated carbocycles. The van der Waals surface area contributed by atoms with Gasteiger partial charge in [-0.2, -0.15) is 0 Å². The van der Waals surface area contributed by atoms with Crippen LogP contribution in [0.25, 0.3) is 0 Å². The van der Waals surface area contributed by atoms with E-state index in [2.05, 4.69) is 0 Å². The van der Waals surface area contributed by atoms with E-state index in [1.165, 1.54) is 0 Å². The number of nitrogens with two attached hydrogens (primary N) is 1. The van der Waals surface area contributed by atoms with Crippen molar-refractivity contribution in [3.63, 3.8) is 0 Å². The summed E-state index contributed by atoms with van der Waals surface area (Å²) in [5, 5.41) is 0. The van der Waals surface area contributed by atoms with Crippen molar-refractivity contribution in [2.45, 2.75) is 6.42 Å². The molecule has 0 radical (unpaired) electrons. The molecule has 0 fully saturated rings. The first-order valence-corrected chi connectivity index (χ1v) is 4.90. The van der Waals surface area contributed by atoms with Crippen molar-refractivity contribution in [2.75, 3.05) is 19.6 Å². The van der Waals surface area contributed by atoms with E-state index >= 15 is 0 Å². The summed E-state index contributed by atoms with van der Waals surface area (Å²) in [7, 11) is 0. The lowest BCUT2D eigenvalue weighted by Gasteiger charge is -2.27. The van der Waals surface area contributed by atoms with Gasteiger partial charge in [0.2, 0.25) is 0 Å². The van der Waals surface area contributed by atoms with E-state index in [0.717, 1.165) is 24.1 Å². The molecule has 2 N–H and O–H groups in total. The smallest absolute Gasteiger partial charge is 0.254 e. The highest BCUT2D eigenvalue weighted by Gasteiger charge is 2.22. The molecule has 0 aromatic heterocycles. The average Bonchev–Trinajstić information content (AvgIpc) is 2.23. The molecule has 0 saturated heterocycles. The highest BCUT2D eigenvalue weighted by molar-refractivity contribution is 5.96. The van der Waals surface area contributed by atoms with Gasteiger partial charge in [0.15, 0.2) is 0 Å². The molecule has 0 unspecified atom stereocenters. The summed E-state index contributed by atoms with van der Waals surface area (Å²) in [5.74, 6) is 0.123. The molecule has 74 valence electrons. The number of nitrogens with zero attached hydrogens (tertiary/aromatic N) is 1. The van der Waals surface area contributed by atoms with E-state index < -0.39 is 0 Å². The fraction of sp³-hybridized carbons (Fsp3) is 0.364. The van der Waals surface area contributed by atoms with Gasteiger partial charge in [-0.1, -0.05) is 18.2 Å². The minimum Gasteiger partial charge on any atom is -0.337 e. The zero-order chi connectivity index (χ0) is 9.97. The average molecular weight is 190 g/mol. The number of fused-ring (bicyclic) bond motifs is 1. The van der Waals surface area contributed by atoms with Crippen LogP contribution >= 0.6 is 0 Å². The van der Waals surface area contributed by atoms with Crippen LogP contribution in [0.5, 0.6) is 0 Å². The normalized spacial score (nSPS) is 15.5. The number of benzene rings is 1. The SMILES string of the molecule is NCCN1CCc2ccccc2C1=O. The van der Waals surface area contributed by atoms with Crippen molar-refractivity contribution >= 4 is 5.91 Å². The molecule has 0 bridgehead atoms.